The smallest absolute Gasteiger partial charge is 0.418 e. The van der Waals surface area contributed by atoms with Crippen LogP contribution in [-0.4, -0.2) is 125 Å². The molecule has 3 aliphatic rings. The largest absolute Gasteiger partial charge is 0.436 e. The summed E-state index contributed by atoms with van der Waals surface area (Å²) in [6.45, 7) is 4.69. The number of H-pyrrole nitrogens is 1. The summed E-state index contributed by atoms with van der Waals surface area (Å²) in [4.78, 5) is 56.3. The lowest BCUT2D eigenvalue weighted by Gasteiger charge is -2.42. The van der Waals surface area contributed by atoms with Crippen LogP contribution in [0.2, 0.25) is 5.02 Å². The zero-order chi connectivity index (χ0) is 37.4. The second-order valence-electron chi connectivity index (χ2n) is 14.3. The van der Waals surface area contributed by atoms with E-state index in [1.165, 1.54) is 18.0 Å². The number of nitrogens with zero attached hydrogens (tertiary/aromatic N) is 6. The van der Waals surface area contributed by atoms with Crippen molar-refractivity contribution in [1.82, 2.24) is 34.1 Å². The molecule has 1 atom stereocenters. The number of alkyl halides is 3. The highest BCUT2D eigenvalue weighted by Crippen LogP contribution is 2.40. The number of ether oxygens (including phenoxy) is 1. The number of benzene rings is 2. The topological polar surface area (TPSA) is 119 Å². The minimum absolute atomic E-state index is 0.121. The summed E-state index contributed by atoms with van der Waals surface area (Å²) in [5, 5.41) is 3.20. The number of carbonyl (C=O) groups excluding carboxylic acids is 2. The molecule has 3 aliphatic heterocycles. The van der Waals surface area contributed by atoms with Crippen LogP contribution in [0.25, 0.3) is 21.9 Å². The first-order valence-electron chi connectivity index (χ1n) is 18.1. The molecule has 0 aliphatic carbocycles. The molecule has 284 valence electrons. The van der Waals surface area contributed by atoms with Crippen molar-refractivity contribution in [3.63, 3.8) is 0 Å². The Hall–Kier alpha value is -4.34. The first-order valence-corrected chi connectivity index (χ1v) is 18.5. The SMILES string of the molecule is CNc1c(Cl)cc(C[C@@H](OC(=O)N2CCC(n3c(=O)[nH]c4c5ccccc5ncc43)CC2)C(=O)N2CCN(C3CCN(C)CC3)CC2)cc1C(F)(F)F. The van der Waals surface area contributed by atoms with Gasteiger partial charge in [0.25, 0.3) is 5.91 Å². The molecule has 3 fully saturated rings. The predicted molar refractivity (Wildman–Crippen MR) is 196 cm³/mol. The third-order valence-electron chi connectivity index (χ3n) is 11.0. The number of imidazole rings is 1. The molecule has 2 N–H and O–H groups in total. The van der Waals surface area contributed by atoms with Crippen molar-refractivity contribution in [1.29, 1.82) is 0 Å². The number of piperidine rings is 2. The second kappa shape index (κ2) is 15.2. The minimum Gasteiger partial charge on any atom is -0.436 e. The Morgan fingerprint density at radius 3 is 2.34 bits per heavy atom. The molecule has 2 aromatic heterocycles. The highest BCUT2D eigenvalue weighted by molar-refractivity contribution is 6.33. The van der Waals surface area contributed by atoms with Crippen molar-refractivity contribution in [3.05, 3.63) is 69.2 Å². The zero-order valence-corrected chi connectivity index (χ0v) is 30.5. The Bertz CT molecular complexity index is 2030. The van der Waals surface area contributed by atoms with Crippen molar-refractivity contribution in [2.75, 3.05) is 71.8 Å². The lowest BCUT2D eigenvalue weighted by Crippen LogP contribution is -2.56. The molecule has 12 nitrogen and oxygen atoms in total. The van der Waals surface area contributed by atoms with Crippen molar-refractivity contribution in [2.45, 2.75) is 56.5 Å². The number of piperazine rings is 1. The van der Waals surface area contributed by atoms with E-state index in [2.05, 4.69) is 32.1 Å². The number of amides is 2. The standard InChI is InChI=1S/C37H44ClF3N8O4/c1-42-33-27(37(39,40)41)19-23(20-28(33)38)21-31(34(50)47-17-15-46(16-18-47)24-7-11-45(2)12-8-24)53-36(52)48-13-9-25(10-14-48)49-30-22-43-29-6-4-3-5-26(29)32(30)44-35(49)51/h3-6,19-20,22,24-25,31,42H,7-18,21H2,1-2H3,(H,44,51)/t31-/m1/s1. The Morgan fingerprint density at radius 1 is 0.981 bits per heavy atom. The van der Waals surface area contributed by atoms with Gasteiger partial charge in [-0.05, 0) is 69.6 Å². The number of likely N-dealkylation sites (tertiary alicyclic amines) is 2. The molecular formula is C37H44ClF3N8O4. The van der Waals surface area contributed by atoms with Crippen LogP contribution < -0.4 is 11.0 Å². The third-order valence-corrected chi connectivity index (χ3v) is 11.3. The van der Waals surface area contributed by atoms with E-state index in [1.807, 2.05) is 24.3 Å². The molecular weight excluding hydrogens is 713 g/mol. The monoisotopic (exact) mass is 756 g/mol. The van der Waals surface area contributed by atoms with Crippen LogP contribution in [-0.2, 0) is 22.1 Å². The van der Waals surface area contributed by atoms with Crippen LogP contribution in [0.15, 0.2) is 47.4 Å². The lowest BCUT2D eigenvalue weighted by molar-refractivity contribution is -0.143. The molecule has 0 bridgehead atoms. The Morgan fingerprint density at radius 2 is 1.66 bits per heavy atom. The summed E-state index contributed by atoms with van der Waals surface area (Å²) < 4.78 is 49.8. The summed E-state index contributed by atoms with van der Waals surface area (Å²) in [5.74, 6) is -0.455. The molecule has 0 unspecified atom stereocenters. The van der Waals surface area contributed by atoms with Crippen LogP contribution in [0.4, 0.5) is 23.7 Å². The first kappa shape index (κ1) is 37.0. The summed E-state index contributed by atoms with van der Waals surface area (Å²) in [6, 6.07) is 10.1. The van der Waals surface area contributed by atoms with E-state index in [0.717, 1.165) is 42.9 Å². The fourth-order valence-electron chi connectivity index (χ4n) is 8.11. The van der Waals surface area contributed by atoms with Gasteiger partial charge >= 0.3 is 18.0 Å². The summed E-state index contributed by atoms with van der Waals surface area (Å²) in [7, 11) is 3.46. The van der Waals surface area contributed by atoms with E-state index in [0.29, 0.717) is 56.1 Å². The van der Waals surface area contributed by atoms with E-state index in [9.17, 15) is 27.6 Å². The quantitative estimate of drug-likeness (QED) is 0.264. The molecule has 0 saturated carbocycles. The Labute approximate surface area is 309 Å². The van der Waals surface area contributed by atoms with Gasteiger partial charge in [0.2, 0.25) is 0 Å². The van der Waals surface area contributed by atoms with E-state index in [-0.39, 0.29) is 47.5 Å². The van der Waals surface area contributed by atoms with Gasteiger partial charge in [-0.15, -0.1) is 0 Å². The molecule has 0 spiro atoms. The van der Waals surface area contributed by atoms with Crippen molar-refractivity contribution in [2.24, 2.45) is 0 Å². The van der Waals surface area contributed by atoms with Crippen LogP contribution in [0.1, 0.15) is 42.9 Å². The molecule has 0 radical (unpaired) electrons. The van der Waals surface area contributed by atoms with Gasteiger partial charge in [0.1, 0.15) is 0 Å². The number of halogens is 4. The molecule has 7 rings (SSSR count). The van der Waals surface area contributed by atoms with Gasteiger partial charge < -0.3 is 29.7 Å². The number of nitrogens with one attached hydrogen (secondary N) is 2. The zero-order valence-electron chi connectivity index (χ0n) is 29.8. The van der Waals surface area contributed by atoms with Crippen molar-refractivity contribution >= 4 is 51.2 Å². The van der Waals surface area contributed by atoms with Crippen LogP contribution >= 0.6 is 11.6 Å². The Kier molecular flexibility index (Phi) is 10.6. The number of rotatable bonds is 7. The second-order valence-corrected chi connectivity index (χ2v) is 14.7. The summed E-state index contributed by atoms with van der Waals surface area (Å²) in [6.07, 6.45) is -2.43. The van der Waals surface area contributed by atoms with Gasteiger partial charge in [-0.25, -0.2) is 9.59 Å². The van der Waals surface area contributed by atoms with Gasteiger partial charge in [-0.1, -0.05) is 29.8 Å². The molecule has 4 aromatic rings. The summed E-state index contributed by atoms with van der Waals surface area (Å²) in [5.41, 5.74) is 0.769. The Balaban J connectivity index is 1.07. The van der Waals surface area contributed by atoms with Gasteiger partial charge in [-0.2, -0.15) is 13.2 Å². The summed E-state index contributed by atoms with van der Waals surface area (Å²) >= 11 is 6.30. The minimum atomic E-state index is -4.71. The number of aromatic nitrogens is 3. The molecule has 5 heterocycles. The highest BCUT2D eigenvalue weighted by atomic mass is 35.5. The van der Waals surface area contributed by atoms with Gasteiger partial charge in [0.15, 0.2) is 6.10 Å². The number of hydrogen-bond acceptors (Lipinski definition) is 8. The average molecular weight is 757 g/mol. The number of anilines is 1. The van der Waals surface area contributed by atoms with Crippen molar-refractivity contribution in [3.8, 4) is 0 Å². The number of hydrogen-bond donors (Lipinski definition) is 2. The maximum absolute atomic E-state index is 14.1. The fraction of sp³-hybridized carbons (Fsp3) is 0.514. The number of para-hydroxylation sites is 1. The number of aromatic amines is 1. The van der Waals surface area contributed by atoms with Crippen molar-refractivity contribution < 1.29 is 27.5 Å². The van der Waals surface area contributed by atoms with E-state index in [1.54, 1.807) is 15.7 Å². The first-order chi connectivity index (χ1) is 25.4. The van der Waals surface area contributed by atoms with Gasteiger partial charge in [0.05, 0.1) is 39.0 Å². The normalized spacial score (nSPS) is 19.2. The van der Waals surface area contributed by atoms with Crippen LogP contribution in [0.5, 0.6) is 0 Å². The molecule has 3 saturated heterocycles. The van der Waals surface area contributed by atoms with Crippen LogP contribution in [0.3, 0.4) is 0 Å². The number of pyridine rings is 1. The molecule has 16 heteroatoms. The third kappa shape index (κ3) is 7.69. The van der Waals surface area contributed by atoms with E-state index < -0.39 is 29.8 Å². The predicted octanol–water partition coefficient (Wildman–Crippen LogP) is 5.21. The lowest BCUT2D eigenvalue weighted by atomic mass is 10.0. The maximum atomic E-state index is 14.1. The van der Waals surface area contributed by atoms with Crippen LogP contribution in [0, 0.1) is 0 Å². The van der Waals surface area contributed by atoms with Gasteiger partial charge in [-0.3, -0.25) is 19.2 Å². The van der Waals surface area contributed by atoms with E-state index >= 15 is 0 Å². The molecule has 2 amide bonds. The van der Waals surface area contributed by atoms with Gasteiger partial charge in [0, 0.05) is 70.2 Å². The average Bonchev–Trinajstić information content (AvgIpc) is 3.50. The fourth-order valence-corrected chi connectivity index (χ4v) is 8.45. The highest BCUT2D eigenvalue weighted by Gasteiger charge is 2.38. The number of carbonyl (C=O) groups is 2. The maximum Gasteiger partial charge on any atom is 0.418 e. The molecule has 53 heavy (non-hydrogen) atoms. The van der Waals surface area contributed by atoms with E-state index in [4.69, 9.17) is 16.3 Å². The number of fused-ring (bicyclic) bond motifs is 3. The molecule has 2 aromatic carbocycles.